The molecule has 0 saturated heterocycles. The van der Waals surface area contributed by atoms with E-state index in [1.54, 1.807) is 0 Å². The standard InChI is InChI=1S/C9H17NO2/c1-3-4-5-6-9(8(2)12)10-7-11/h7,9H,3-6H2,1-2H3,(H,10,11). The van der Waals surface area contributed by atoms with Crippen LogP contribution in [0, 0.1) is 0 Å². The molecule has 1 N–H and O–H groups in total. The van der Waals surface area contributed by atoms with Crippen LogP contribution < -0.4 is 5.32 Å². The van der Waals surface area contributed by atoms with Crippen LogP contribution in [0.25, 0.3) is 0 Å². The van der Waals surface area contributed by atoms with E-state index in [4.69, 9.17) is 0 Å². The zero-order valence-corrected chi connectivity index (χ0v) is 7.80. The molecule has 0 spiro atoms. The zero-order chi connectivity index (χ0) is 9.40. The maximum Gasteiger partial charge on any atom is 0.207 e. The van der Waals surface area contributed by atoms with Crippen LogP contribution in [0.15, 0.2) is 0 Å². The summed E-state index contributed by atoms with van der Waals surface area (Å²) < 4.78 is 0. The molecule has 0 aromatic carbocycles. The molecule has 0 heterocycles. The Kier molecular flexibility index (Phi) is 6.34. The first-order chi connectivity index (χ1) is 5.72. The van der Waals surface area contributed by atoms with Gasteiger partial charge in [-0.1, -0.05) is 26.2 Å². The first-order valence-electron chi connectivity index (χ1n) is 4.42. The zero-order valence-electron chi connectivity index (χ0n) is 7.80. The average Bonchev–Trinajstić information content (AvgIpc) is 2.03. The number of carbonyl (C=O) groups is 2. The van der Waals surface area contributed by atoms with E-state index >= 15 is 0 Å². The fourth-order valence-corrected chi connectivity index (χ4v) is 1.08. The van der Waals surface area contributed by atoms with Crippen LogP contribution in [0.2, 0.25) is 0 Å². The van der Waals surface area contributed by atoms with Gasteiger partial charge in [-0.15, -0.1) is 0 Å². The van der Waals surface area contributed by atoms with Gasteiger partial charge in [0.25, 0.3) is 0 Å². The summed E-state index contributed by atoms with van der Waals surface area (Å²) in [5, 5.41) is 2.51. The van der Waals surface area contributed by atoms with Gasteiger partial charge in [-0.25, -0.2) is 0 Å². The van der Waals surface area contributed by atoms with E-state index in [2.05, 4.69) is 12.2 Å². The summed E-state index contributed by atoms with van der Waals surface area (Å²) in [6.45, 7) is 3.61. The van der Waals surface area contributed by atoms with Gasteiger partial charge >= 0.3 is 0 Å². The van der Waals surface area contributed by atoms with Crippen molar-refractivity contribution in [3.8, 4) is 0 Å². The molecule has 0 rings (SSSR count). The molecular formula is C9H17NO2. The fraction of sp³-hybridized carbons (Fsp3) is 0.778. The summed E-state index contributed by atoms with van der Waals surface area (Å²) in [5.41, 5.74) is 0. The van der Waals surface area contributed by atoms with E-state index in [9.17, 15) is 9.59 Å². The molecular weight excluding hydrogens is 154 g/mol. The van der Waals surface area contributed by atoms with Gasteiger partial charge in [-0.3, -0.25) is 9.59 Å². The summed E-state index contributed by atoms with van der Waals surface area (Å²) in [4.78, 5) is 21.0. The van der Waals surface area contributed by atoms with E-state index in [1.807, 2.05) is 0 Å². The van der Waals surface area contributed by atoms with Crippen molar-refractivity contribution in [3.05, 3.63) is 0 Å². The first kappa shape index (κ1) is 11.1. The largest absolute Gasteiger partial charge is 0.349 e. The van der Waals surface area contributed by atoms with Gasteiger partial charge in [0.05, 0.1) is 6.04 Å². The second-order valence-electron chi connectivity index (χ2n) is 2.94. The minimum Gasteiger partial charge on any atom is -0.349 e. The molecule has 70 valence electrons. The Bertz CT molecular complexity index is 145. The van der Waals surface area contributed by atoms with Crippen LogP contribution in [-0.2, 0) is 9.59 Å². The number of Topliss-reactive ketones (excluding diaryl/α,β-unsaturated/α-hetero) is 1. The molecule has 12 heavy (non-hydrogen) atoms. The summed E-state index contributed by atoms with van der Waals surface area (Å²) >= 11 is 0. The van der Waals surface area contributed by atoms with E-state index in [0.717, 1.165) is 25.7 Å². The topological polar surface area (TPSA) is 46.2 Å². The Morgan fingerprint density at radius 2 is 2.17 bits per heavy atom. The molecule has 0 aliphatic rings. The van der Waals surface area contributed by atoms with Gasteiger partial charge in [0.1, 0.15) is 0 Å². The third-order valence-electron chi connectivity index (χ3n) is 1.86. The van der Waals surface area contributed by atoms with Crippen LogP contribution >= 0.6 is 0 Å². The first-order valence-corrected chi connectivity index (χ1v) is 4.42. The monoisotopic (exact) mass is 171 g/mol. The van der Waals surface area contributed by atoms with E-state index in [0.29, 0.717) is 6.41 Å². The Hall–Kier alpha value is -0.860. The van der Waals surface area contributed by atoms with Crippen LogP contribution in [0.4, 0.5) is 0 Å². The van der Waals surface area contributed by atoms with E-state index in [-0.39, 0.29) is 11.8 Å². The number of amides is 1. The van der Waals surface area contributed by atoms with Crippen molar-refractivity contribution in [3.63, 3.8) is 0 Å². The molecule has 1 unspecified atom stereocenters. The molecule has 0 bridgehead atoms. The normalized spacial score (nSPS) is 12.2. The number of ketones is 1. The predicted octanol–water partition coefficient (Wildman–Crippen LogP) is 1.27. The molecule has 0 saturated carbocycles. The minimum absolute atomic E-state index is 0.0400. The number of hydrogen-bond acceptors (Lipinski definition) is 2. The molecule has 0 radical (unpaired) electrons. The Morgan fingerprint density at radius 3 is 2.58 bits per heavy atom. The Morgan fingerprint density at radius 1 is 1.50 bits per heavy atom. The van der Waals surface area contributed by atoms with Crippen LogP contribution in [0.3, 0.4) is 0 Å². The highest BCUT2D eigenvalue weighted by molar-refractivity contribution is 5.83. The highest BCUT2D eigenvalue weighted by atomic mass is 16.1. The maximum absolute atomic E-state index is 10.9. The summed E-state index contributed by atoms with van der Waals surface area (Å²) in [6.07, 6.45) is 4.61. The van der Waals surface area contributed by atoms with Gasteiger partial charge in [0.15, 0.2) is 5.78 Å². The van der Waals surface area contributed by atoms with Crippen molar-refractivity contribution in [1.82, 2.24) is 5.32 Å². The summed E-state index contributed by atoms with van der Waals surface area (Å²) in [5.74, 6) is 0.0400. The van der Waals surface area contributed by atoms with Gasteiger partial charge < -0.3 is 5.32 Å². The van der Waals surface area contributed by atoms with Crippen LogP contribution in [-0.4, -0.2) is 18.2 Å². The van der Waals surface area contributed by atoms with Gasteiger partial charge in [-0.2, -0.15) is 0 Å². The average molecular weight is 171 g/mol. The van der Waals surface area contributed by atoms with E-state index < -0.39 is 0 Å². The highest BCUT2D eigenvalue weighted by Gasteiger charge is 2.11. The molecule has 0 aliphatic carbocycles. The lowest BCUT2D eigenvalue weighted by molar-refractivity contribution is -0.122. The molecule has 0 aromatic rings. The SMILES string of the molecule is CCCCCC(NC=O)C(C)=O. The second kappa shape index (κ2) is 6.83. The van der Waals surface area contributed by atoms with E-state index in [1.165, 1.54) is 6.92 Å². The molecule has 1 atom stereocenters. The number of hydrogen-bond donors (Lipinski definition) is 1. The lowest BCUT2D eigenvalue weighted by Gasteiger charge is -2.11. The van der Waals surface area contributed by atoms with Crippen LogP contribution in [0.1, 0.15) is 39.5 Å². The quantitative estimate of drug-likeness (QED) is 0.463. The van der Waals surface area contributed by atoms with Crippen molar-refractivity contribution < 1.29 is 9.59 Å². The number of carbonyl (C=O) groups excluding carboxylic acids is 2. The van der Waals surface area contributed by atoms with Gasteiger partial charge in [-0.05, 0) is 13.3 Å². The maximum atomic E-state index is 10.9. The summed E-state index contributed by atoms with van der Waals surface area (Å²) in [6, 6.07) is -0.269. The van der Waals surface area contributed by atoms with Gasteiger partial charge in [0, 0.05) is 0 Å². The molecule has 3 heteroatoms. The lowest BCUT2D eigenvalue weighted by atomic mass is 10.1. The van der Waals surface area contributed by atoms with Crippen molar-refractivity contribution in [2.24, 2.45) is 0 Å². The molecule has 0 fully saturated rings. The lowest BCUT2D eigenvalue weighted by Crippen LogP contribution is -2.34. The summed E-state index contributed by atoms with van der Waals surface area (Å²) in [7, 11) is 0. The van der Waals surface area contributed by atoms with Crippen molar-refractivity contribution >= 4 is 12.2 Å². The highest BCUT2D eigenvalue weighted by Crippen LogP contribution is 2.03. The Balaban J connectivity index is 3.63. The van der Waals surface area contributed by atoms with Gasteiger partial charge in [0.2, 0.25) is 6.41 Å². The minimum atomic E-state index is -0.269. The predicted molar refractivity (Wildman–Crippen MR) is 47.8 cm³/mol. The molecule has 0 aliphatic heterocycles. The third-order valence-corrected chi connectivity index (χ3v) is 1.86. The van der Waals surface area contributed by atoms with Crippen molar-refractivity contribution in [2.45, 2.75) is 45.6 Å². The smallest absolute Gasteiger partial charge is 0.207 e. The number of rotatable bonds is 7. The number of unbranched alkanes of at least 4 members (excludes halogenated alkanes) is 2. The van der Waals surface area contributed by atoms with Crippen LogP contribution in [0.5, 0.6) is 0 Å². The Labute approximate surface area is 73.5 Å². The molecule has 3 nitrogen and oxygen atoms in total. The van der Waals surface area contributed by atoms with Crippen molar-refractivity contribution in [2.75, 3.05) is 0 Å². The fourth-order valence-electron chi connectivity index (χ4n) is 1.08. The molecule has 1 amide bonds. The second-order valence-corrected chi connectivity index (χ2v) is 2.94. The third kappa shape index (κ3) is 4.88. The van der Waals surface area contributed by atoms with Crippen molar-refractivity contribution in [1.29, 1.82) is 0 Å². The molecule has 0 aromatic heterocycles. The number of nitrogens with one attached hydrogen (secondary N) is 1.